The number of hydrogen-bond acceptors (Lipinski definition) is 4. The van der Waals surface area contributed by atoms with E-state index in [-0.39, 0.29) is 6.04 Å². The van der Waals surface area contributed by atoms with Crippen molar-refractivity contribution in [3.05, 3.63) is 17.0 Å². The summed E-state index contributed by atoms with van der Waals surface area (Å²) < 4.78 is 26.4. The minimum atomic E-state index is -3.32. The molecule has 0 radical (unpaired) electrons. The molecule has 4 nitrogen and oxygen atoms in total. The van der Waals surface area contributed by atoms with Gasteiger partial charge in [0.1, 0.15) is 4.21 Å². The summed E-state index contributed by atoms with van der Waals surface area (Å²) in [6.45, 7) is 4.30. The van der Waals surface area contributed by atoms with Crippen LogP contribution in [0.2, 0.25) is 0 Å². The van der Waals surface area contributed by atoms with Crippen LogP contribution in [0.5, 0.6) is 0 Å². The lowest BCUT2D eigenvalue weighted by atomic mass is 10.3. The van der Waals surface area contributed by atoms with E-state index in [1.54, 1.807) is 19.9 Å². The molecule has 0 aliphatic rings. The Labute approximate surface area is 94.8 Å². The van der Waals surface area contributed by atoms with Crippen LogP contribution in [0.4, 0.5) is 0 Å². The van der Waals surface area contributed by atoms with E-state index in [9.17, 15) is 8.42 Å². The molecule has 0 saturated heterocycles. The summed E-state index contributed by atoms with van der Waals surface area (Å²) in [7, 11) is -1.48. The molecule has 0 aliphatic carbocycles. The third-order valence-electron chi connectivity index (χ3n) is 1.67. The fourth-order valence-corrected chi connectivity index (χ4v) is 3.64. The van der Waals surface area contributed by atoms with Crippen molar-refractivity contribution in [2.24, 2.45) is 0 Å². The standard InChI is InChI=1S/C9H16N2O2S2/c1-7(2)11-15(12,13)9-4-8(5-10-3)6-14-9/h4,6-7,10-11H,5H2,1-3H3. The van der Waals surface area contributed by atoms with E-state index < -0.39 is 10.0 Å². The lowest BCUT2D eigenvalue weighted by molar-refractivity contribution is 0.572. The third kappa shape index (κ3) is 3.57. The average Bonchev–Trinajstić information content (AvgIpc) is 2.51. The van der Waals surface area contributed by atoms with Gasteiger partial charge in [-0.1, -0.05) is 0 Å². The first-order valence-electron chi connectivity index (χ1n) is 4.70. The molecule has 0 bridgehead atoms. The summed E-state index contributed by atoms with van der Waals surface area (Å²) >= 11 is 1.25. The second-order valence-electron chi connectivity index (χ2n) is 3.58. The second-order valence-corrected chi connectivity index (χ2v) is 6.43. The maximum Gasteiger partial charge on any atom is 0.250 e. The van der Waals surface area contributed by atoms with Gasteiger partial charge in [-0.2, -0.15) is 0 Å². The van der Waals surface area contributed by atoms with Crippen LogP contribution in [-0.2, 0) is 16.6 Å². The van der Waals surface area contributed by atoms with E-state index >= 15 is 0 Å². The van der Waals surface area contributed by atoms with E-state index in [4.69, 9.17) is 0 Å². The van der Waals surface area contributed by atoms with Crippen LogP contribution in [0.25, 0.3) is 0 Å². The summed E-state index contributed by atoms with van der Waals surface area (Å²) in [5.74, 6) is 0. The molecule has 1 heterocycles. The van der Waals surface area contributed by atoms with Gasteiger partial charge in [-0.15, -0.1) is 11.3 Å². The normalized spacial score (nSPS) is 12.3. The molecular weight excluding hydrogens is 232 g/mol. The van der Waals surface area contributed by atoms with Crippen molar-refractivity contribution in [2.45, 2.75) is 30.6 Å². The average molecular weight is 248 g/mol. The summed E-state index contributed by atoms with van der Waals surface area (Å²) in [6, 6.07) is 1.62. The molecule has 0 amide bonds. The molecule has 1 aromatic rings. The molecule has 1 rings (SSSR count). The minimum Gasteiger partial charge on any atom is -0.316 e. The number of thiophene rings is 1. The van der Waals surface area contributed by atoms with Gasteiger partial charge < -0.3 is 5.32 Å². The molecular formula is C9H16N2O2S2. The zero-order chi connectivity index (χ0) is 11.5. The molecule has 0 spiro atoms. The summed E-state index contributed by atoms with van der Waals surface area (Å²) in [6.07, 6.45) is 0. The van der Waals surface area contributed by atoms with Crippen LogP contribution in [0.1, 0.15) is 19.4 Å². The maximum absolute atomic E-state index is 11.7. The molecule has 86 valence electrons. The SMILES string of the molecule is CNCc1csc(S(=O)(=O)NC(C)C)c1. The van der Waals surface area contributed by atoms with E-state index in [1.807, 2.05) is 12.4 Å². The van der Waals surface area contributed by atoms with Crippen molar-refractivity contribution >= 4 is 21.4 Å². The topological polar surface area (TPSA) is 58.2 Å². The summed E-state index contributed by atoms with van der Waals surface area (Å²) in [5.41, 5.74) is 0.992. The second kappa shape index (κ2) is 5.07. The highest BCUT2D eigenvalue weighted by atomic mass is 32.2. The van der Waals surface area contributed by atoms with Crippen LogP contribution in [0, 0.1) is 0 Å². The molecule has 2 N–H and O–H groups in total. The Kier molecular flexibility index (Phi) is 4.27. The van der Waals surface area contributed by atoms with Crippen molar-refractivity contribution < 1.29 is 8.42 Å². The molecule has 6 heteroatoms. The van der Waals surface area contributed by atoms with Crippen molar-refractivity contribution in [3.8, 4) is 0 Å². The predicted molar refractivity (Wildman–Crippen MR) is 62.5 cm³/mol. The Bertz CT molecular complexity index is 410. The Morgan fingerprint density at radius 1 is 1.47 bits per heavy atom. The van der Waals surface area contributed by atoms with Gasteiger partial charge in [0.2, 0.25) is 10.0 Å². The van der Waals surface area contributed by atoms with Crippen molar-refractivity contribution in [1.82, 2.24) is 10.0 Å². The number of sulfonamides is 1. The lowest BCUT2D eigenvalue weighted by Crippen LogP contribution is -2.29. The number of nitrogens with one attached hydrogen (secondary N) is 2. The zero-order valence-corrected chi connectivity index (χ0v) is 10.7. The van der Waals surface area contributed by atoms with Gasteiger partial charge in [-0.3, -0.25) is 0 Å². The number of rotatable bonds is 5. The minimum absolute atomic E-state index is 0.0788. The van der Waals surface area contributed by atoms with Crippen LogP contribution in [0.15, 0.2) is 15.7 Å². The van der Waals surface area contributed by atoms with Gasteiger partial charge in [0.05, 0.1) is 0 Å². The Balaban J connectivity index is 2.86. The Morgan fingerprint density at radius 3 is 2.67 bits per heavy atom. The molecule has 0 unspecified atom stereocenters. The van der Waals surface area contributed by atoms with Crippen LogP contribution in [0.3, 0.4) is 0 Å². The first kappa shape index (κ1) is 12.6. The zero-order valence-electron chi connectivity index (χ0n) is 9.07. The molecule has 0 atom stereocenters. The molecule has 0 fully saturated rings. The fraction of sp³-hybridized carbons (Fsp3) is 0.556. The molecule has 1 aromatic heterocycles. The number of hydrogen-bond donors (Lipinski definition) is 2. The van der Waals surface area contributed by atoms with Crippen molar-refractivity contribution in [3.63, 3.8) is 0 Å². The monoisotopic (exact) mass is 248 g/mol. The Morgan fingerprint density at radius 2 is 2.13 bits per heavy atom. The van der Waals surface area contributed by atoms with Gasteiger partial charge in [0.25, 0.3) is 0 Å². The largest absolute Gasteiger partial charge is 0.316 e. The quantitative estimate of drug-likeness (QED) is 0.822. The lowest BCUT2D eigenvalue weighted by Gasteiger charge is -2.06. The smallest absolute Gasteiger partial charge is 0.250 e. The molecule has 0 aliphatic heterocycles. The summed E-state index contributed by atoms with van der Waals surface area (Å²) in [5, 5.41) is 4.83. The van der Waals surface area contributed by atoms with Crippen LogP contribution < -0.4 is 10.0 Å². The first-order chi connectivity index (χ1) is 6.95. The van der Waals surface area contributed by atoms with Gasteiger partial charge >= 0.3 is 0 Å². The predicted octanol–water partition coefficient (Wildman–Crippen LogP) is 1.15. The maximum atomic E-state index is 11.7. The highest BCUT2D eigenvalue weighted by Crippen LogP contribution is 2.20. The van der Waals surface area contributed by atoms with E-state index in [2.05, 4.69) is 10.0 Å². The van der Waals surface area contributed by atoms with E-state index in [1.165, 1.54) is 11.3 Å². The van der Waals surface area contributed by atoms with Crippen LogP contribution in [-0.4, -0.2) is 21.5 Å². The third-order valence-corrected chi connectivity index (χ3v) is 4.81. The van der Waals surface area contributed by atoms with Gasteiger partial charge in [-0.25, -0.2) is 13.1 Å². The van der Waals surface area contributed by atoms with E-state index in [0.29, 0.717) is 10.8 Å². The Hall–Kier alpha value is -0.430. The van der Waals surface area contributed by atoms with Gasteiger partial charge in [0, 0.05) is 12.6 Å². The van der Waals surface area contributed by atoms with E-state index in [0.717, 1.165) is 5.56 Å². The first-order valence-corrected chi connectivity index (χ1v) is 7.06. The van der Waals surface area contributed by atoms with Crippen molar-refractivity contribution in [1.29, 1.82) is 0 Å². The molecule has 0 aromatic carbocycles. The van der Waals surface area contributed by atoms with Gasteiger partial charge in [-0.05, 0) is 37.9 Å². The fourth-order valence-electron chi connectivity index (χ4n) is 1.16. The molecule has 0 saturated carbocycles. The van der Waals surface area contributed by atoms with Crippen molar-refractivity contribution in [2.75, 3.05) is 7.05 Å². The van der Waals surface area contributed by atoms with Crippen LogP contribution >= 0.6 is 11.3 Å². The summed E-state index contributed by atoms with van der Waals surface area (Å²) in [4.78, 5) is 0. The highest BCUT2D eigenvalue weighted by molar-refractivity contribution is 7.91. The molecule has 15 heavy (non-hydrogen) atoms. The van der Waals surface area contributed by atoms with Gasteiger partial charge in [0.15, 0.2) is 0 Å². The highest BCUT2D eigenvalue weighted by Gasteiger charge is 2.17.